The van der Waals surface area contributed by atoms with Crippen LogP contribution in [-0.2, 0) is 4.79 Å². The van der Waals surface area contributed by atoms with Crippen LogP contribution >= 0.6 is 0 Å². The largest absolute Gasteiger partial charge is 0.497 e. The molecule has 0 bridgehead atoms. The Kier molecular flexibility index (Phi) is 5.93. The lowest BCUT2D eigenvalue weighted by Crippen LogP contribution is -2.36. The lowest BCUT2D eigenvalue weighted by Gasteiger charge is -2.21. The molecule has 4 rings (SSSR count). The molecule has 0 radical (unpaired) electrons. The van der Waals surface area contributed by atoms with Crippen molar-refractivity contribution >= 4 is 11.8 Å². The van der Waals surface area contributed by atoms with Gasteiger partial charge in [0, 0.05) is 42.7 Å². The molecule has 1 aliphatic heterocycles. The lowest BCUT2D eigenvalue weighted by molar-refractivity contribution is -0.125. The van der Waals surface area contributed by atoms with Gasteiger partial charge < -0.3 is 19.7 Å². The van der Waals surface area contributed by atoms with Crippen molar-refractivity contribution in [2.75, 3.05) is 33.9 Å². The van der Waals surface area contributed by atoms with Crippen molar-refractivity contribution in [2.24, 2.45) is 11.8 Å². The van der Waals surface area contributed by atoms with E-state index < -0.39 is 0 Å². The van der Waals surface area contributed by atoms with Gasteiger partial charge in [0.2, 0.25) is 5.91 Å². The molecule has 2 atom stereocenters. The molecule has 2 aliphatic rings. The van der Waals surface area contributed by atoms with Gasteiger partial charge in [0.15, 0.2) is 0 Å². The van der Waals surface area contributed by atoms with Gasteiger partial charge in [-0.1, -0.05) is 24.3 Å². The van der Waals surface area contributed by atoms with Gasteiger partial charge in [-0.05, 0) is 37.0 Å². The average molecular weight is 408 g/mol. The molecule has 0 aromatic heterocycles. The van der Waals surface area contributed by atoms with Crippen LogP contribution in [0.4, 0.5) is 0 Å². The molecule has 0 spiro atoms. The number of carbonyl (C=O) groups excluding carboxylic acids is 2. The van der Waals surface area contributed by atoms with Crippen molar-refractivity contribution in [3.63, 3.8) is 0 Å². The highest BCUT2D eigenvalue weighted by atomic mass is 16.5. The molecule has 2 aromatic carbocycles. The predicted molar refractivity (Wildman–Crippen MR) is 114 cm³/mol. The minimum Gasteiger partial charge on any atom is -0.497 e. The zero-order valence-corrected chi connectivity index (χ0v) is 17.5. The van der Waals surface area contributed by atoms with Gasteiger partial charge in [-0.15, -0.1) is 0 Å². The molecule has 1 N–H and O–H groups in total. The third-order valence-electron chi connectivity index (χ3n) is 6.07. The van der Waals surface area contributed by atoms with Crippen LogP contribution in [0.2, 0.25) is 0 Å². The maximum Gasteiger partial charge on any atom is 0.253 e. The van der Waals surface area contributed by atoms with Crippen molar-refractivity contribution in [2.45, 2.75) is 18.8 Å². The first-order chi connectivity index (χ1) is 14.6. The molecule has 6 nitrogen and oxygen atoms in total. The van der Waals surface area contributed by atoms with Crippen LogP contribution in [0.25, 0.3) is 0 Å². The van der Waals surface area contributed by atoms with Crippen LogP contribution in [0.3, 0.4) is 0 Å². The van der Waals surface area contributed by atoms with Gasteiger partial charge in [-0.3, -0.25) is 9.59 Å². The normalized spacial score (nSPS) is 20.7. The van der Waals surface area contributed by atoms with Crippen LogP contribution in [0.15, 0.2) is 48.5 Å². The number of hydrogen-bond acceptors (Lipinski definition) is 4. The number of carbonyl (C=O) groups is 2. The first-order valence-electron chi connectivity index (χ1n) is 10.4. The van der Waals surface area contributed by atoms with Crippen molar-refractivity contribution in [3.05, 3.63) is 59.7 Å². The zero-order chi connectivity index (χ0) is 21.1. The highest BCUT2D eigenvalue weighted by Crippen LogP contribution is 2.40. The van der Waals surface area contributed by atoms with Gasteiger partial charge in [-0.2, -0.15) is 0 Å². The van der Waals surface area contributed by atoms with Gasteiger partial charge >= 0.3 is 0 Å². The van der Waals surface area contributed by atoms with Crippen molar-refractivity contribution < 1.29 is 19.1 Å². The highest BCUT2D eigenvalue weighted by Gasteiger charge is 2.42. The molecule has 30 heavy (non-hydrogen) atoms. The standard InChI is InChI=1S/C24H28N2O4/c1-29-18-10-11-19(22(12-18)30-2)20-14-26(24(28)17-6-4-3-5-7-17)15-21(20)23(27)25-13-16-8-9-16/h3-7,10-12,16,20-21H,8-9,13-15H2,1-2H3,(H,25,27)/t20-,21-/m1/s1. The maximum atomic E-state index is 13.1. The van der Waals surface area contributed by atoms with E-state index in [1.807, 2.05) is 48.5 Å². The Bertz CT molecular complexity index is 911. The number of nitrogens with one attached hydrogen (secondary N) is 1. The molecule has 2 amide bonds. The minimum atomic E-state index is -0.321. The monoisotopic (exact) mass is 408 g/mol. The van der Waals surface area contributed by atoms with E-state index in [9.17, 15) is 9.59 Å². The van der Waals surface area contributed by atoms with E-state index in [0.29, 0.717) is 42.6 Å². The highest BCUT2D eigenvalue weighted by molar-refractivity contribution is 5.95. The van der Waals surface area contributed by atoms with Crippen molar-refractivity contribution in [3.8, 4) is 11.5 Å². The molecule has 158 valence electrons. The summed E-state index contributed by atoms with van der Waals surface area (Å²) in [5.74, 6) is 1.47. The third kappa shape index (κ3) is 4.27. The lowest BCUT2D eigenvalue weighted by atomic mass is 9.87. The smallest absolute Gasteiger partial charge is 0.253 e. The second kappa shape index (κ2) is 8.78. The summed E-state index contributed by atoms with van der Waals surface area (Å²) < 4.78 is 10.9. The first kappa shape index (κ1) is 20.3. The van der Waals surface area contributed by atoms with Crippen molar-refractivity contribution in [1.82, 2.24) is 10.2 Å². The molecule has 2 fully saturated rings. The van der Waals surface area contributed by atoms with E-state index in [1.165, 1.54) is 12.8 Å². The van der Waals surface area contributed by atoms with Crippen LogP contribution < -0.4 is 14.8 Å². The number of methoxy groups -OCH3 is 2. The summed E-state index contributed by atoms with van der Waals surface area (Å²) in [4.78, 5) is 27.9. The summed E-state index contributed by atoms with van der Waals surface area (Å²) in [7, 11) is 3.22. The predicted octanol–water partition coefficient (Wildman–Crippen LogP) is 3.09. The topological polar surface area (TPSA) is 67.9 Å². The Hall–Kier alpha value is -3.02. The number of amides is 2. The summed E-state index contributed by atoms with van der Waals surface area (Å²) in [6.07, 6.45) is 2.36. The molecule has 0 unspecified atom stereocenters. The van der Waals surface area contributed by atoms with E-state index >= 15 is 0 Å². The summed E-state index contributed by atoms with van der Waals surface area (Å²) in [6.45, 7) is 1.58. The van der Waals surface area contributed by atoms with Gasteiger partial charge in [0.25, 0.3) is 5.91 Å². The third-order valence-corrected chi connectivity index (χ3v) is 6.07. The van der Waals surface area contributed by atoms with Crippen LogP contribution in [0.1, 0.15) is 34.7 Å². The fourth-order valence-electron chi connectivity index (χ4n) is 4.14. The van der Waals surface area contributed by atoms with E-state index in [1.54, 1.807) is 19.1 Å². The Morgan fingerprint density at radius 3 is 2.47 bits per heavy atom. The summed E-state index contributed by atoms with van der Waals surface area (Å²) in [6, 6.07) is 14.9. The number of ether oxygens (including phenoxy) is 2. The zero-order valence-electron chi connectivity index (χ0n) is 17.5. The Morgan fingerprint density at radius 2 is 1.80 bits per heavy atom. The molecule has 1 saturated heterocycles. The number of benzene rings is 2. The Labute approximate surface area is 177 Å². The minimum absolute atomic E-state index is 0.00753. The fourth-order valence-corrected chi connectivity index (χ4v) is 4.14. The SMILES string of the molecule is COc1ccc([C@H]2CN(C(=O)c3ccccc3)C[C@H]2C(=O)NCC2CC2)c(OC)c1. The molecular formula is C24H28N2O4. The van der Waals surface area contributed by atoms with Gasteiger partial charge in [0.1, 0.15) is 11.5 Å². The maximum absolute atomic E-state index is 13.1. The summed E-state index contributed by atoms with van der Waals surface area (Å²) in [5, 5.41) is 3.10. The fraction of sp³-hybridized carbons (Fsp3) is 0.417. The number of rotatable bonds is 7. The molecule has 1 saturated carbocycles. The number of hydrogen-bond donors (Lipinski definition) is 1. The summed E-state index contributed by atoms with van der Waals surface area (Å²) >= 11 is 0. The van der Waals surface area contributed by atoms with Crippen LogP contribution in [0, 0.1) is 11.8 Å². The second-order valence-corrected chi connectivity index (χ2v) is 8.09. The molecule has 6 heteroatoms. The quantitative estimate of drug-likeness (QED) is 0.765. The number of nitrogens with zero attached hydrogens (tertiary/aromatic N) is 1. The van der Waals surface area contributed by atoms with E-state index in [-0.39, 0.29) is 23.7 Å². The van der Waals surface area contributed by atoms with E-state index in [2.05, 4.69) is 5.32 Å². The molecule has 1 aliphatic carbocycles. The molecule has 1 heterocycles. The van der Waals surface area contributed by atoms with E-state index in [4.69, 9.17) is 9.47 Å². The van der Waals surface area contributed by atoms with E-state index in [0.717, 1.165) is 5.56 Å². The Balaban J connectivity index is 1.61. The van der Waals surface area contributed by atoms with Crippen LogP contribution in [-0.4, -0.2) is 50.6 Å². The summed E-state index contributed by atoms with van der Waals surface area (Å²) in [5.41, 5.74) is 1.56. The van der Waals surface area contributed by atoms with Crippen molar-refractivity contribution in [1.29, 1.82) is 0 Å². The second-order valence-electron chi connectivity index (χ2n) is 8.09. The number of likely N-dealkylation sites (tertiary alicyclic amines) is 1. The first-order valence-corrected chi connectivity index (χ1v) is 10.4. The molecular weight excluding hydrogens is 380 g/mol. The van der Waals surface area contributed by atoms with Gasteiger partial charge in [-0.25, -0.2) is 0 Å². The average Bonchev–Trinajstić information content (AvgIpc) is 3.53. The van der Waals surface area contributed by atoms with Crippen LogP contribution in [0.5, 0.6) is 11.5 Å². The van der Waals surface area contributed by atoms with Gasteiger partial charge in [0.05, 0.1) is 20.1 Å². The Morgan fingerprint density at radius 1 is 1.03 bits per heavy atom. The molecule has 2 aromatic rings.